The fourth-order valence-electron chi connectivity index (χ4n) is 4.47. The second kappa shape index (κ2) is 11.0. The maximum Gasteiger partial charge on any atom is 0.414 e. The van der Waals surface area contributed by atoms with Gasteiger partial charge in [-0.1, -0.05) is 30.3 Å². The monoisotopic (exact) mass is 518 g/mol. The molecule has 0 saturated carbocycles. The Morgan fingerprint density at radius 1 is 1.22 bits per heavy atom. The molecule has 2 aromatic heterocycles. The van der Waals surface area contributed by atoms with Crippen LogP contribution in [0.2, 0.25) is 0 Å². The van der Waals surface area contributed by atoms with Gasteiger partial charge in [-0.05, 0) is 65.6 Å². The fraction of sp³-hybridized carbons (Fsp3) is 0.250. The molecule has 2 aromatic carbocycles. The first kappa shape index (κ1) is 24.7. The topological polar surface area (TPSA) is 87.3 Å². The van der Waals surface area contributed by atoms with E-state index in [-0.39, 0.29) is 19.0 Å². The maximum absolute atomic E-state index is 15.0. The zero-order chi connectivity index (χ0) is 25.8. The van der Waals surface area contributed by atoms with Crippen molar-refractivity contribution in [3.8, 4) is 21.7 Å². The number of nitrogens with one attached hydrogen (secondary N) is 2. The number of ether oxygens (including phenoxy) is 1. The van der Waals surface area contributed by atoms with Crippen LogP contribution in [-0.2, 0) is 22.4 Å². The molecule has 2 N–H and O–H groups in total. The number of H-pyrrole nitrogens is 1. The third kappa shape index (κ3) is 5.72. The van der Waals surface area contributed by atoms with Crippen LogP contribution in [0.5, 0.6) is 0 Å². The highest BCUT2D eigenvalue weighted by Gasteiger charge is 2.32. The molecule has 0 radical (unpaired) electrons. The predicted molar refractivity (Wildman–Crippen MR) is 142 cm³/mol. The van der Waals surface area contributed by atoms with Crippen molar-refractivity contribution >= 4 is 29.0 Å². The summed E-state index contributed by atoms with van der Waals surface area (Å²) in [5, 5.41) is 12.1. The zero-order valence-corrected chi connectivity index (χ0v) is 21.2. The van der Waals surface area contributed by atoms with Gasteiger partial charge in [0.15, 0.2) is 0 Å². The van der Waals surface area contributed by atoms with Crippen LogP contribution in [0, 0.1) is 5.82 Å². The standard InChI is InChI=1S/C28H27FN4O3S/c1-18(34)30-16-23-17-33(28(35)36-23)22-11-12-24(25(29)14-22)20-9-7-19(8-10-20)4-2-5-21-15-31-32-27(21)26-6-3-13-37-26/h3,6-15,23H,2,4-5,16-17H2,1H3,(H,30,34)(H,31,32)/t23-/m0/s1. The minimum atomic E-state index is -0.551. The minimum absolute atomic E-state index is 0.197. The molecule has 1 fully saturated rings. The first-order chi connectivity index (χ1) is 18.0. The molecular weight excluding hydrogens is 491 g/mol. The lowest BCUT2D eigenvalue weighted by atomic mass is 9.99. The number of hydrogen-bond donors (Lipinski definition) is 2. The van der Waals surface area contributed by atoms with Crippen molar-refractivity contribution in [3.63, 3.8) is 0 Å². The highest BCUT2D eigenvalue weighted by molar-refractivity contribution is 7.13. The van der Waals surface area contributed by atoms with Crippen LogP contribution in [0.25, 0.3) is 21.7 Å². The molecule has 0 bridgehead atoms. The van der Waals surface area contributed by atoms with Gasteiger partial charge >= 0.3 is 6.09 Å². The van der Waals surface area contributed by atoms with Crippen molar-refractivity contribution in [1.82, 2.24) is 15.5 Å². The number of cyclic esters (lactones) is 1. The van der Waals surface area contributed by atoms with Crippen LogP contribution in [0.4, 0.5) is 14.9 Å². The van der Waals surface area contributed by atoms with Gasteiger partial charge in [0.1, 0.15) is 17.6 Å². The van der Waals surface area contributed by atoms with Gasteiger partial charge in [0.05, 0.1) is 23.7 Å². The van der Waals surface area contributed by atoms with E-state index in [2.05, 4.69) is 27.0 Å². The Hall–Kier alpha value is -3.98. The van der Waals surface area contributed by atoms with E-state index in [4.69, 9.17) is 4.74 Å². The average Bonchev–Trinajstić information content (AvgIpc) is 3.64. The smallest absolute Gasteiger partial charge is 0.414 e. The number of hydrogen-bond acceptors (Lipinski definition) is 5. The van der Waals surface area contributed by atoms with E-state index >= 15 is 4.39 Å². The number of aromatic amines is 1. The molecule has 1 atom stereocenters. The van der Waals surface area contributed by atoms with Crippen LogP contribution < -0.4 is 10.2 Å². The summed E-state index contributed by atoms with van der Waals surface area (Å²) in [6.07, 6.45) is 3.76. The van der Waals surface area contributed by atoms with Crippen molar-refractivity contribution in [3.05, 3.63) is 83.1 Å². The van der Waals surface area contributed by atoms with E-state index in [0.29, 0.717) is 11.3 Å². The van der Waals surface area contributed by atoms with E-state index in [9.17, 15) is 9.59 Å². The summed E-state index contributed by atoms with van der Waals surface area (Å²) in [5.41, 5.74) is 5.09. The summed E-state index contributed by atoms with van der Waals surface area (Å²) in [4.78, 5) is 25.9. The van der Waals surface area contributed by atoms with Crippen LogP contribution in [-0.4, -0.2) is 41.4 Å². The van der Waals surface area contributed by atoms with Gasteiger partial charge in [-0.25, -0.2) is 9.18 Å². The molecule has 7 nitrogen and oxygen atoms in total. The van der Waals surface area contributed by atoms with E-state index in [1.165, 1.54) is 33.9 Å². The summed E-state index contributed by atoms with van der Waals surface area (Å²) in [5.74, 6) is -0.610. The number of carbonyl (C=O) groups is 2. The van der Waals surface area contributed by atoms with Crippen molar-refractivity contribution in [1.29, 1.82) is 0 Å². The summed E-state index contributed by atoms with van der Waals surface area (Å²) in [7, 11) is 0. The lowest BCUT2D eigenvalue weighted by Gasteiger charge is -2.15. The molecule has 0 aliphatic carbocycles. The Kier molecular flexibility index (Phi) is 7.32. The van der Waals surface area contributed by atoms with Crippen molar-refractivity contribution in [2.24, 2.45) is 0 Å². The van der Waals surface area contributed by atoms with Crippen molar-refractivity contribution in [2.75, 3.05) is 18.0 Å². The number of aromatic nitrogens is 2. The Balaban J connectivity index is 1.19. The zero-order valence-electron chi connectivity index (χ0n) is 20.4. The first-order valence-corrected chi connectivity index (χ1v) is 13.0. The Morgan fingerprint density at radius 2 is 2.05 bits per heavy atom. The van der Waals surface area contributed by atoms with Crippen LogP contribution in [0.15, 0.2) is 66.2 Å². The van der Waals surface area contributed by atoms with Gasteiger partial charge < -0.3 is 10.1 Å². The van der Waals surface area contributed by atoms with Gasteiger partial charge in [0.2, 0.25) is 5.91 Å². The molecule has 9 heteroatoms. The number of rotatable bonds is 9. The van der Waals surface area contributed by atoms with E-state index in [1.807, 2.05) is 36.5 Å². The largest absolute Gasteiger partial charge is 0.442 e. The number of aryl methyl sites for hydroxylation is 2. The molecule has 190 valence electrons. The second-order valence-electron chi connectivity index (χ2n) is 9.00. The van der Waals surface area contributed by atoms with Crippen LogP contribution >= 0.6 is 11.3 Å². The van der Waals surface area contributed by atoms with Crippen molar-refractivity contribution < 1.29 is 18.7 Å². The lowest BCUT2D eigenvalue weighted by molar-refractivity contribution is -0.119. The Bertz CT molecular complexity index is 1380. The Morgan fingerprint density at radius 3 is 2.78 bits per heavy atom. The SMILES string of the molecule is CC(=O)NC[C@H]1CN(c2ccc(-c3ccc(CCCc4c[nH]nc4-c4cccs4)cc3)c(F)c2)C(=O)O1. The summed E-state index contributed by atoms with van der Waals surface area (Å²) < 4.78 is 20.3. The van der Waals surface area contributed by atoms with Gasteiger partial charge in [-0.2, -0.15) is 5.10 Å². The lowest BCUT2D eigenvalue weighted by Crippen LogP contribution is -2.33. The Labute approximate surface area is 218 Å². The number of anilines is 1. The highest BCUT2D eigenvalue weighted by atomic mass is 32.1. The van der Waals surface area contributed by atoms with E-state index in [0.717, 1.165) is 30.5 Å². The third-order valence-electron chi connectivity index (χ3n) is 6.37. The molecule has 37 heavy (non-hydrogen) atoms. The third-order valence-corrected chi connectivity index (χ3v) is 7.24. The number of benzene rings is 2. The molecule has 1 aliphatic heterocycles. The first-order valence-electron chi connectivity index (χ1n) is 12.2. The quantitative estimate of drug-likeness (QED) is 0.303. The molecule has 0 spiro atoms. The highest BCUT2D eigenvalue weighted by Crippen LogP contribution is 2.30. The van der Waals surface area contributed by atoms with Gasteiger partial charge in [-0.3, -0.25) is 14.8 Å². The number of amides is 2. The van der Waals surface area contributed by atoms with Gasteiger partial charge in [-0.15, -0.1) is 11.3 Å². The maximum atomic E-state index is 15.0. The molecule has 4 aromatic rings. The van der Waals surface area contributed by atoms with Gasteiger partial charge in [0.25, 0.3) is 0 Å². The normalized spacial score (nSPS) is 15.1. The van der Waals surface area contributed by atoms with E-state index in [1.54, 1.807) is 23.5 Å². The van der Waals surface area contributed by atoms with Gasteiger partial charge in [0, 0.05) is 18.7 Å². The number of carbonyl (C=O) groups excluding carboxylic acids is 2. The van der Waals surface area contributed by atoms with Crippen molar-refractivity contribution in [2.45, 2.75) is 32.3 Å². The van der Waals surface area contributed by atoms with Crippen LogP contribution in [0.3, 0.4) is 0 Å². The summed E-state index contributed by atoms with van der Waals surface area (Å²) >= 11 is 1.68. The van der Waals surface area contributed by atoms with E-state index < -0.39 is 18.0 Å². The average molecular weight is 519 g/mol. The molecule has 0 unspecified atom stereocenters. The second-order valence-corrected chi connectivity index (χ2v) is 9.95. The molecule has 1 saturated heterocycles. The molecule has 3 heterocycles. The number of nitrogens with zero attached hydrogens (tertiary/aromatic N) is 2. The molecule has 1 aliphatic rings. The predicted octanol–water partition coefficient (Wildman–Crippen LogP) is 5.58. The molecular formula is C28H27FN4O3S. The number of halogens is 1. The molecule has 5 rings (SSSR count). The summed E-state index contributed by atoms with van der Waals surface area (Å²) in [6.45, 7) is 1.88. The summed E-state index contributed by atoms with van der Waals surface area (Å²) in [6, 6.07) is 16.8. The minimum Gasteiger partial charge on any atom is -0.442 e. The number of thiophene rings is 1. The molecule has 2 amide bonds. The van der Waals surface area contributed by atoms with Crippen LogP contribution in [0.1, 0.15) is 24.5 Å². The fourth-order valence-corrected chi connectivity index (χ4v) is 5.22.